The van der Waals surface area contributed by atoms with Crippen molar-refractivity contribution in [2.24, 2.45) is 5.92 Å². The van der Waals surface area contributed by atoms with E-state index >= 15 is 0 Å². The Kier molecular flexibility index (Phi) is 6.01. The fourth-order valence-electron chi connectivity index (χ4n) is 3.34. The Morgan fingerprint density at radius 1 is 1.00 bits per heavy atom. The zero-order valence-electron chi connectivity index (χ0n) is 15.4. The summed E-state index contributed by atoms with van der Waals surface area (Å²) in [6.07, 6.45) is 1.56. The molecule has 6 heteroatoms. The summed E-state index contributed by atoms with van der Waals surface area (Å²) < 4.78 is 10.5. The average molecular weight is 388 g/mol. The Hall–Kier alpha value is -2.53. The maximum absolute atomic E-state index is 13.0. The van der Waals surface area contributed by atoms with E-state index in [1.54, 1.807) is 61.6 Å². The lowest BCUT2D eigenvalue weighted by Crippen LogP contribution is -2.42. The van der Waals surface area contributed by atoms with Crippen LogP contribution in [-0.4, -0.2) is 43.9 Å². The number of nitrogens with zero attached hydrogens (tertiary/aromatic N) is 1. The van der Waals surface area contributed by atoms with Gasteiger partial charge in [-0.25, -0.2) is 0 Å². The molecule has 3 rings (SSSR count). The minimum absolute atomic E-state index is 0.0485. The number of methoxy groups -OCH3 is 2. The first-order valence-corrected chi connectivity index (χ1v) is 9.21. The van der Waals surface area contributed by atoms with Crippen LogP contribution in [0, 0.1) is 5.92 Å². The SMILES string of the molecule is COc1cc(OC)cc(C(=O)N2CCCC(C(=O)c3ccc(Cl)cc3)C2)c1. The van der Waals surface area contributed by atoms with E-state index in [2.05, 4.69) is 0 Å². The molecule has 2 aromatic rings. The Bertz CT molecular complexity index is 812. The molecule has 0 aromatic heterocycles. The summed E-state index contributed by atoms with van der Waals surface area (Å²) in [5, 5.41) is 0.596. The molecule has 0 saturated carbocycles. The Labute approximate surface area is 163 Å². The van der Waals surface area contributed by atoms with Crippen LogP contribution in [0.15, 0.2) is 42.5 Å². The fraction of sp³-hybridized carbons (Fsp3) is 0.333. The highest BCUT2D eigenvalue weighted by Gasteiger charge is 2.29. The second-order valence-electron chi connectivity index (χ2n) is 6.56. The van der Waals surface area contributed by atoms with Crippen LogP contribution in [0.1, 0.15) is 33.6 Å². The molecule has 1 fully saturated rings. The van der Waals surface area contributed by atoms with E-state index < -0.39 is 0 Å². The lowest BCUT2D eigenvalue weighted by atomic mass is 9.89. The number of carbonyl (C=O) groups is 2. The summed E-state index contributed by atoms with van der Waals surface area (Å²) in [5.74, 6) is 0.830. The summed E-state index contributed by atoms with van der Waals surface area (Å²) in [6.45, 7) is 1.03. The number of likely N-dealkylation sites (tertiary alicyclic amines) is 1. The maximum Gasteiger partial charge on any atom is 0.254 e. The summed E-state index contributed by atoms with van der Waals surface area (Å²) >= 11 is 5.90. The van der Waals surface area contributed by atoms with Crippen LogP contribution in [0.25, 0.3) is 0 Å². The van der Waals surface area contributed by atoms with Crippen molar-refractivity contribution < 1.29 is 19.1 Å². The largest absolute Gasteiger partial charge is 0.497 e. The van der Waals surface area contributed by atoms with E-state index in [-0.39, 0.29) is 17.6 Å². The van der Waals surface area contributed by atoms with Gasteiger partial charge in [0.2, 0.25) is 0 Å². The van der Waals surface area contributed by atoms with Gasteiger partial charge in [0.15, 0.2) is 5.78 Å². The Balaban J connectivity index is 1.76. The van der Waals surface area contributed by atoms with Crippen LogP contribution in [-0.2, 0) is 0 Å². The zero-order valence-corrected chi connectivity index (χ0v) is 16.2. The van der Waals surface area contributed by atoms with E-state index in [0.717, 1.165) is 12.8 Å². The van der Waals surface area contributed by atoms with Crippen LogP contribution < -0.4 is 9.47 Å². The van der Waals surface area contributed by atoms with Crippen molar-refractivity contribution >= 4 is 23.3 Å². The van der Waals surface area contributed by atoms with E-state index in [0.29, 0.717) is 40.7 Å². The second kappa shape index (κ2) is 8.44. The van der Waals surface area contributed by atoms with Crippen LogP contribution in [0.4, 0.5) is 0 Å². The van der Waals surface area contributed by atoms with Gasteiger partial charge in [0.25, 0.3) is 5.91 Å². The molecule has 1 aliphatic rings. The summed E-state index contributed by atoms with van der Waals surface area (Å²) in [7, 11) is 3.09. The van der Waals surface area contributed by atoms with E-state index in [4.69, 9.17) is 21.1 Å². The Morgan fingerprint density at radius 2 is 1.63 bits per heavy atom. The number of ketones is 1. The molecule has 1 atom stereocenters. The molecule has 0 aliphatic carbocycles. The highest BCUT2D eigenvalue weighted by molar-refractivity contribution is 6.30. The first kappa shape index (κ1) is 19.2. The molecular weight excluding hydrogens is 366 g/mol. The predicted molar refractivity (Wildman–Crippen MR) is 104 cm³/mol. The average Bonchev–Trinajstić information content (AvgIpc) is 2.72. The standard InChI is InChI=1S/C21H22ClNO4/c1-26-18-10-16(11-19(12-18)27-2)21(25)23-9-3-4-15(13-23)20(24)14-5-7-17(22)8-6-14/h5-8,10-12,15H,3-4,9,13H2,1-2H3. The molecule has 1 saturated heterocycles. The van der Waals surface area contributed by atoms with E-state index in [1.165, 1.54) is 0 Å². The number of hydrogen-bond donors (Lipinski definition) is 0. The molecule has 0 radical (unpaired) electrons. The molecule has 0 N–H and O–H groups in total. The lowest BCUT2D eigenvalue weighted by molar-refractivity contribution is 0.0636. The second-order valence-corrected chi connectivity index (χ2v) is 7.00. The zero-order chi connectivity index (χ0) is 19.4. The van der Waals surface area contributed by atoms with Crippen LogP contribution in [0.3, 0.4) is 0 Å². The highest BCUT2D eigenvalue weighted by Crippen LogP contribution is 2.26. The van der Waals surface area contributed by atoms with Crippen molar-refractivity contribution in [2.45, 2.75) is 12.8 Å². The van der Waals surface area contributed by atoms with Crippen molar-refractivity contribution in [1.29, 1.82) is 0 Å². The van der Waals surface area contributed by atoms with E-state index in [1.807, 2.05) is 0 Å². The minimum Gasteiger partial charge on any atom is -0.497 e. The molecule has 142 valence electrons. The van der Waals surface area contributed by atoms with Gasteiger partial charge in [0.1, 0.15) is 11.5 Å². The maximum atomic E-state index is 13.0. The van der Waals surface area contributed by atoms with Crippen molar-refractivity contribution in [3.63, 3.8) is 0 Å². The lowest BCUT2D eigenvalue weighted by Gasteiger charge is -2.32. The third-order valence-corrected chi connectivity index (χ3v) is 5.06. The smallest absolute Gasteiger partial charge is 0.254 e. The monoisotopic (exact) mass is 387 g/mol. The molecule has 27 heavy (non-hydrogen) atoms. The van der Waals surface area contributed by atoms with Gasteiger partial charge < -0.3 is 14.4 Å². The third kappa shape index (κ3) is 4.42. The molecule has 1 heterocycles. The van der Waals surface area contributed by atoms with E-state index in [9.17, 15) is 9.59 Å². The fourth-order valence-corrected chi connectivity index (χ4v) is 3.46. The summed E-state index contributed by atoms with van der Waals surface area (Å²) in [6, 6.07) is 12.0. The highest BCUT2D eigenvalue weighted by atomic mass is 35.5. The molecule has 2 aromatic carbocycles. The number of carbonyl (C=O) groups excluding carboxylic acids is 2. The minimum atomic E-state index is -0.212. The number of rotatable bonds is 5. The van der Waals surface area contributed by atoms with Gasteiger partial charge in [-0.15, -0.1) is 0 Å². The van der Waals surface area contributed by atoms with Gasteiger partial charge in [0, 0.05) is 41.2 Å². The molecule has 5 nitrogen and oxygen atoms in total. The number of ether oxygens (including phenoxy) is 2. The normalized spacial score (nSPS) is 16.7. The van der Waals surface area contributed by atoms with Crippen molar-refractivity contribution in [2.75, 3.05) is 27.3 Å². The van der Waals surface area contributed by atoms with Crippen molar-refractivity contribution in [3.8, 4) is 11.5 Å². The van der Waals surface area contributed by atoms with Crippen LogP contribution >= 0.6 is 11.6 Å². The number of hydrogen-bond acceptors (Lipinski definition) is 4. The number of Topliss-reactive ketones (excluding diaryl/α,β-unsaturated/α-hetero) is 1. The van der Waals surface area contributed by atoms with Gasteiger partial charge in [-0.3, -0.25) is 9.59 Å². The molecule has 1 unspecified atom stereocenters. The topological polar surface area (TPSA) is 55.8 Å². The van der Waals surface area contributed by atoms with Crippen LogP contribution in [0.5, 0.6) is 11.5 Å². The molecule has 0 spiro atoms. The van der Waals surface area contributed by atoms with Crippen molar-refractivity contribution in [3.05, 3.63) is 58.6 Å². The van der Waals surface area contributed by atoms with Gasteiger partial charge >= 0.3 is 0 Å². The molecule has 0 bridgehead atoms. The number of amides is 1. The quantitative estimate of drug-likeness (QED) is 0.725. The molecule has 1 amide bonds. The van der Waals surface area contributed by atoms with Crippen molar-refractivity contribution in [1.82, 2.24) is 4.90 Å². The third-order valence-electron chi connectivity index (χ3n) is 4.81. The Morgan fingerprint density at radius 3 is 2.22 bits per heavy atom. The number of benzene rings is 2. The predicted octanol–water partition coefficient (Wildman–Crippen LogP) is 4.09. The van der Waals surface area contributed by atoms with Gasteiger partial charge in [-0.05, 0) is 49.2 Å². The van der Waals surface area contributed by atoms with Crippen LogP contribution in [0.2, 0.25) is 5.02 Å². The summed E-state index contributed by atoms with van der Waals surface area (Å²) in [5.41, 5.74) is 1.12. The number of piperidine rings is 1. The van der Waals surface area contributed by atoms with Gasteiger partial charge in [0.05, 0.1) is 14.2 Å². The molecule has 1 aliphatic heterocycles. The van der Waals surface area contributed by atoms with Gasteiger partial charge in [-0.1, -0.05) is 11.6 Å². The number of halogens is 1. The van der Waals surface area contributed by atoms with Gasteiger partial charge in [-0.2, -0.15) is 0 Å². The first-order valence-electron chi connectivity index (χ1n) is 8.84. The molecular formula is C21H22ClNO4. The summed E-state index contributed by atoms with van der Waals surface area (Å²) in [4.78, 5) is 27.5. The first-order chi connectivity index (χ1) is 13.0.